The molecule has 0 aliphatic rings. The first-order valence-electron chi connectivity index (χ1n) is 5.61. The summed E-state index contributed by atoms with van der Waals surface area (Å²) in [6, 6.07) is 5.53. The lowest BCUT2D eigenvalue weighted by Gasteiger charge is -2.07. The summed E-state index contributed by atoms with van der Waals surface area (Å²) in [5, 5.41) is 0. The number of aryl methyl sites for hydroxylation is 2. The third kappa shape index (κ3) is 2.61. The molecule has 0 aliphatic heterocycles. The molecule has 94 valence electrons. The van der Waals surface area contributed by atoms with Crippen LogP contribution < -0.4 is 10.3 Å². The summed E-state index contributed by atoms with van der Waals surface area (Å²) in [5.41, 5.74) is 0.819. The zero-order chi connectivity index (χ0) is 13.1. The van der Waals surface area contributed by atoms with Crippen molar-refractivity contribution in [2.45, 2.75) is 20.4 Å². The number of hydrogen-bond donors (Lipinski definition) is 0. The van der Waals surface area contributed by atoms with Crippen LogP contribution in [0.1, 0.15) is 12.5 Å². The van der Waals surface area contributed by atoms with Gasteiger partial charge in [0.15, 0.2) is 0 Å². The van der Waals surface area contributed by atoms with E-state index in [1.165, 1.54) is 0 Å². The summed E-state index contributed by atoms with van der Waals surface area (Å²) in [6.45, 7) is 4.45. The van der Waals surface area contributed by atoms with Crippen LogP contribution in [0, 0.1) is 6.92 Å². The summed E-state index contributed by atoms with van der Waals surface area (Å²) < 4.78 is 8.07. The Kier molecular flexibility index (Phi) is 3.81. The molecular formula is C13H13BrN2O2. The van der Waals surface area contributed by atoms with Crippen molar-refractivity contribution in [3.05, 3.63) is 51.0 Å². The molecular weight excluding hydrogens is 296 g/mol. The van der Waals surface area contributed by atoms with E-state index in [-0.39, 0.29) is 11.4 Å². The molecule has 0 amide bonds. The number of rotatable bonds is 3. The molecule has 0 saturated carbocycles. The highest BCUT2D eigenvalue weighted by atomic mass is 79.9. The second-order valence-corrected chi connectivity index (χ2v) is 4.69. The lowest BCUT2D eigenvalue weighted by Crippen LogP contribution is -2.20. The van der Waals surface area contributed by atoms with Crippen molar-refractivity contribution in [2.75, 3.05) is 0 Å². The summed E-state index contributed by atoms with van der Waals surface area (Å²) in [4.78, 5) is 15.9. The molecule has 0 aliphatic carbocycles. The second kappa shape index (κ2) is 5.35. The molecule has 0 saturated heterocycles. The minimum absolute atomic E-state index is 0.0982. The topological polar surface area (TPSA) is 44.1 Å². The zero-order valence-electron chi connectivity index (χ0n) is 10.2. The van der Waals surface area contributed by atoms with Crippen LogP contribution in [-0.4, -0.2) is 9.55 Å². The molecule has 5 heteroatoms. The molecule has 2 aromatic rings. The Morgan fingerprint density at radius 3 is 2.89 bits per heavy atom. The second-order valence-electron chi connectivity index (χ2n) is 3.84. The maximum Gasteiger partial charge on any atom is 0.313 e. The van der Waals surface area contributed by atoms with Gasteiger partial charge < -0.3 is 9.30 Å². The first-order chi connectivity index (χ1) is 8.61. The van der Waals surface area contributed by atoms with E-state index < -0.39 is 0 Å². The Balaban J connectivity index is 2.34. The van der Waals surface area contributed by atoms with Crippen LogP contribution in [0.4, 0.5) is 0 Å². The Morgan fingerprint density at radius 1 is 1.44 bits per heavy atom. The number of ether oxygens (including phenoxy) is 1. The van der Waals surface area contributed by atoms with Crippen LogP contribution in [0.25, 0.3) is 0 Å². The molecule has 0 spiro atoms. The molecule has 0 atom stereocenters. The van der Waals surface area contributed by atoms with Crippen molar-refractivity contribution in [2.24, 2.45) is 0 Å². The molecule has 0 radical (unpaired) electrons. The molecule has 1 aromatic heterocycles. The molecule has 1 heterocycles. The van der Waals surface area contributed by atoms with Crippen LogP contribution in [0.2, 0.25) is 0 Å². The largest absolute Gasteiger partial charge is 0.435 e. The van der Waals surface area contributed by atoms with E-state index in [1.54, 1.807) is 23.0 Å². The highest BCUT2D eigenvalue weighted by molar-refractivity contribution is 9.10. The van der Waals surface area contributed by atoms with Gasteiger partial charge in [-0.15, -0.1) is 0 Å². The van der Waals surface area contributed by atoms with Crippen LogP contribution >= 0.6 is 15.9 Å². The third-order valence-electron chi connectivity index (χ3n) is 2.57. The summed E-state index contributed by atoms with van der Waals surface area (Å²) in [6.07, 6.45) is 3.20. The normalized spacial score (nSPS) is 10.4. The average Bonchev–Trinajstić information content (AvgIpc) is 2.36. The molecule has 18 heavy (non-hydrogen) atoms. The van der Waals surface area contributed by atoms with Gasteiger partial charge in [-0.25, -0.2) is 4.98 Å². The van der Waals surface area contributed by atoms with Gasteiger partial charge >= 0.3 is 5.56 Å². The van der Waals surface area contributed by atoms with E-state index in [4.69, 9.17) is 4.74 Å². The number of aromatic nitrogens is 2. The van der Waals surface area contributed by atoms with Gasteiger partial charge in [0.2, 0.25) is 0 Å². The van der Waals surface area contributed by atoms with Gasteiger partial charge in [0.05, 0.1) is 0 Å². The standard InChI is InChI=1S/C13H13BrN2O2/c1-3-16-7-6-15-12(13(16)17)18-10-4-5-11(14)9(2)8-10/h4-8H,3H2,1-2H3. The van der Waals surface area contributed by atoms with Crippen LogP contribution in [0.15, 0.2) is 39.9 Å². The first kappa shape index (κ1) is 12.8. The average molecular weight is 309 g/mol. The van der Waals surface area contributed by atoms with Gasteiger partial charge in [-0.1, -0.05) is 15.9 Å². The number of nitrogens with zero attached hydrogens (tertiary/aromatic N) is 2. The fourth-order valence-corrected chi connectivity index (χ4v) is 1.79. The SMILES string of the molecule is CCn1ccnc(Oc2ccc(Br)c(C)c2)c1=O. The smallest absolute Gasteiger partial charge is 0.313 e. The Labute approximate surface area is 113 Å². The van der Waals surface area contributed by atoms with Gasteiger partial charge in [0, 0.05) is 23.4 Å². The number of benzene rings is 1. The van der Waals surface area contributed by atoms with E-state index in [1.807, 2.05) is 26.0 Å². The molecule has 0 N–H and O–H groups in total. The number of halogens is 1. The summed E-state index contributed by atoms with van der Waals surface area (Å²) >= 11 is 3.42. The summed E-state index contributed by atoms with van der Waals surface area (Å²) in [5.74, 6) is 0.704. The van der Waals surface area contributed by atoms with E-state index in [0.29, 0.717) is 12.3 Å². The molecule has 4 nitrogen and oxygen atoms in total. The molecule has 1 aromatic carbocycles. The van der Waals surface area contributed by atoms with Gasteiger partial charge in [-0.3, -0.25) is 4.79 Å². The van der Waals surface area contributed by atoms with Crippen molar-refractivity contribution in [3.8, 4) is 11.6 Å². The predicted octanol–water partition coefficient (Wildman–Crippen LogP) is 3.13. The zero-order valence-corrected chi connectivity index (χ0v) is 11.8. The Bertz CT molecular complexity index is 623. The first-order valence-corrected chi connectivity index (χ1v) is 6.40. The quantitative estimate of drug-likeness (QED) is 0.875. The van der Waals surface area contributed by atoms with Crippen molar-refractivity contribution in [3.63, 3.8) is 0 Å². The monoisotopic (exact) mass is 308 g/mol. The maximum absolute atomic E-state index is 11.9. The Morgan fingerprint density at radius 2 is 2.22 bits per heavy atom. The summed E-state index contributed by atoms with van der Waals surface area (Å²) in [7, 11) is 0. The van der Waals surface area contributed by atoms with Gasteiger partial charge in [-0.05, 0) is 37.6 Å². The van der Waals surface area contributed by atoms with Crippen molar-refractivity contribution in [1.82, 2.24) is 9.55 Å². The van der Waals surface area contributed by atoms with Crippen LogP contribution in [0.5, 0.6) is 11.6 Å². The van der Waals surface area contributed by atoms with E-state index in [0.717, 1.165) is 10.0 Å². The highest BCUT2D eigenvalue weighted by Crippen LogP contribution is 2.23. The molecule has 0 unspecified atom stereocenters. The maximum atomic E-state index is 11.9. The van der Waals surface area contributed by atoms with Crippen LogP contribution in [-0.2, 0) is 6.54 Å². The van der Waals surface area contributed by atoms with Gasteiger partial charge in [-0.2, -0.15) is 0 Å². The predicted molar refractivity (Wildman–Crippen MR) is 73.1 cm³/mol. The minimum atomic E-state index is -0.222. The molecule has 0 fully saturated rings. The van der Waals surface area contributed by atoms with Crippen molar-refractivity contribution in [1.29, 1.82) is 0 Å². The van der Waals surface area contributed by atoms with E-state index in [2.05, 4.69) is 20.9 Å². The highest BCUT2D eigenvalue weighted by Gasteiger charge is 2.07. The van der Waals surface area contributed by atoms with Crippen molar-refractivity contribution >= 4 is 15.9 Å². The van der Waals surface area contributed by atoms with Gasteiger partial charge in [0.1, 0.15) is 5.75 Å². The lowest BCUT2D eigenvalue weighted by molar-refractivity contribution is 0.445. The van der Waals surface area contributed by atoms with Gasteiger partial charge in [0.25, 0.3) is 5.88 Å². The van der Waals surface area contributed by atoms with E-state index in [9.17, 15) is 4.79 Å². The third-order valence-corrected chi connectivity index (χ3v) is 3.46. The van der Waals surface area contributed by atoms with E-state index >= 15 is 0 Å². The fourth-order valence-electron chi connectivity index (χ4n) is 1.54. The lowest BCUT2D eigenvalue weighted by atomic mass is 10.2. The fraction of sp³-hybridized carbons (Fsp3) is 0.231. The molecule has 0 bridgehead atoms. The van der Waals surface area contributed by atoms with Crippen molar-refractivity contribution < 1.29 is 4.74 Å². The van der Waals surface area contributed by atoms with Crippen LogP contribution in [0.3, 0.4) is 0 Å². The molecule has 2 rings (SSSR count). The minimum Gasteiger partial charge on any atom is -0.435 e. The number of hydrogen-bond acceptors (Lipinski definition) is 3. The Hall–Kier alpha value is -1.62.